The molecule has 1 aliphatic carbocycles. The molecule has 4 N–H and O–H groups in total. The fourth-order valence-corrected chi connectivity index (χ4v) is 2.87. The highest BCUT2D eigenvalue weighted by molar-refractivity contribution is 7.89. The number of nitrogens with one attached hydrogen (secondary N) is 1. The van der Waals surface area contributed by atoms with Crippen LogP contribution in [-0.2, 0) is 10.0 Å². The van der Waals surface area contributed by atoms with E-state index in [4.69, 9.17) is 5.14 Å². The lowest BCUT2D eigenvalue weighted by Gasteiger charge is -2.19. The van der Waals surface area contributed by atoms with E-state index in [1.54, 1.807) is 0 Å². The van der Waals surface area contributed by atoms with Crippen LogP contribution < -0.4 is 10.5 Å². The summed E-state index contributed by atoms with van der Waals surface area (Å²) in [6.07, 6.45) is 7.31. The number of benzene rings is 1. The number of aromatic carboxylic acids is 1. The molecule has 21 heavy (non-hydrogen) atoms. The Bertz CT molecular complexity index is 668. The molecule has 0 saturated carbocycles. The number of anilines is 1. The molecule has 0 bridgehead atoms. The highest BCUT2D eigenvalue weighted by atomic mass is 32.2. The first-order valence-electron chi connectivity index (χ1n) is 6.67. The van der Waals surface area contributed by atoms with Gasteiger partial charge in [-0.25, -0.2) is 18.4 Å². The molecule has 1 atom stereocenters. The van der Waals surface area contributed by atoms with Crippen LogP contribution in [0, 0.1) is 5.92 Å². The van der Waals surface area contributed by atoms with Gasteiger partial charge in [0, 0.05) is 12.2 Å². The van der Waals surface area contributed by atoms with Crippen molar-refractivity contribution in [2.45, 2.75) is 24.2 Å². The molecule has 0 fully saturated rings. The van der Waals surface area contributed by atoms with Crippen LogP contribution in [0.25, 0.3) is 0 Å². The summed E-state index contributed by atoms with van der Waals surface area (Å²) in [5.74, 6) is -0.735. The maximum absolute atomic E-state index is 11.3. The standard InChI is InChI=1S/C14H18N2O4S/c15-21(19,20)11-6-7-13(12(8-11)14(17)18)16-9-10-4-2-1-3-5-10/h1-2,6-8,10,16H,3-5,9H2,(H,17,18)(H2,15,19,20). The minimum Gasteiger partial charge on any atom is -0.478 e. The van der Waals surface area contributed by atoms with Crippen molar-refractivity contribution in [2.24, 2.45) is 11.1 Å². The van der Waals surface area contributed by atoms with Crippen molar-refractivity contribution in [3.8, 4) is 0 Å². The molecule has 0 radical (unpaired) electrons. The Morgan fingerprint density at radius 3 is 2.71 bits per heavy atom. The zero-order valence-corrected chi connectivity index (χ0v) is 12.3. The zero-order valence-electron chi connectivity index (χ0n) is 11.5. The number of sulfonamides is 1. The number of hydrogen-bond acceptors (Lipinski definition) is 4. The Kier molecular flexibility index (Phi) is 4.64. The average Bonchev–Trinajstić information content (AvgIpc) is 2.45. The van der Waals surface area contributed by atoms with E-state index in [0.29, 0.717) is 18.2 Å². The van der Waals surface area contributed by atoms with Crippen molar-refractivity contribution >= 4 is 21.7 Å². The lowest BCUT2D eigenvalue weighted by atomic mass is 9.94. The predicted octanol–water partition coefficient (Wildman–Crippen LogP) is 1.80. The summed E-state index contributed by atoms with van der Waals surface area (Å²) < 4.78 is 22.6. The number of carboxylic acid groups (broad SMARTS) is 1. The van der Waals surface area contributed by atoms with E-state index in [9.17, 15) is 18.3 Å². The van der Waals surface area contributed by atoms with Crippen LogP contribution in [0.3, 0.4) is 0 Å². The van der Waals surface area contributed by atoms with Crippen LogP contribution in [0.15, 0.2) is 35.2 Å². The van der Waals surface area contributed by atoms with E-state index in [2.05, 4.69) is 17.5 Å². The molecule has 1 aliphatic rings. The highest BCUT2D eigenvalue weighted by Gasteiger charge is 2.17. The second-order valence-electron chi connectivity index (χ2n) is 5.09. The molecule has 7 heteroatoms. The molecule has 2 rings (SSSR count). The Morgan fingerprint density at radius 1 is 1.38 bits per heavy atom. The van der Waals surface area contributed by atoms with Gasteiger partial charge < -0.3 is 10.4 Å². The third-order valence-electron chi connectivity index (χ3n) is 3.51. The fourth-order valence-electron chi connectivity index (χ4n) is 2.33. The summed E-state index contributed by atoms with van der Waals surface area (Å²) in [4.78, 5) is 11.1. The number of carbonyl (C=O) groups is 1. The van der Waals surface area contributed by atoms with Gasteiger partial charge in [-0.15, -0.1) is 0 Å². The van der Waals surface area contributed by atoms with Gasteiger partial charge in [-0.2, -0.15) is 0 Å². The largest absolute Gasteiger partial charge is 0.478 e. The van der Waals surface area contributed by atoms with Gasteiger partial charge in [0.15, 0.2) is 0 Å². The minimum absolute atomic E-state index is 0.0899. The quantitative estimate of drug-likeness (QED) is 0.718. The smallest absolute Gasteiger partial charge is 0.337 e. The van der Waals surface area contributed by atoms with Crippen LogP contribution in [0.4, 0.5) is 5.69 Å². The number of carboxylic acids is 1. The van der Waals surface area contributed by atoms with E-state index in [0.717, 1.165) is 25.3 Å². The molecular weight excluding hydrogens is 292 g/mol. The van der Waals surface area contributed by atoms with Crippen LogP contribution in [0.5, 0.6) is 0 Å². The molecule has 6 nitrogen and oxygen atoms in total. The van der Waals surface area contributed by atoms with Gasteiger partial charge >= 0.3 is 5.97 Å². The average molecular weight is 310 g/mol. The van der Waals surface area contributed by atoms with E-state index in [1.165, 1.54) is 12.1 Å². The second-order valence-corrected chi connectivity index (χ2v) is 6.65. The minimum atomic E-state index is -3.91. The summed E-state index contributed by atoms with van der Waals surface area (Å²) in [5.41, 5.74) is 0.317. The van der Waals surface area contributed by atoms with Crippen LogP contribution >= 0.6 is 0 Å². The number of allylic oxidation sites excluding steroid dienone is 2. The first-order valence-corrected chi connectivity index (χ1v) is 8.21. The van der Waals surface area contributed by atoms with Crippen LogP contribution in [0.1, 0.15) is 29.6 Å². The van der Waals surface area contributed by atoms with Gasteiger partial charge in [0.05, 0.1) is 10.5 Å². The van der Waals surface area contributed by atoms with Gasteiger partial charge in [-0.05, 0) is 43.4 Å². The Labute approximate surface area is 123 Å². The zero-order chi connectivity index (χ0) is 15.5. The molecule has 1 aromatic carbocycles. The van der Waals surface area contributed by atoms with Crippen molar-refractivity contribution in [3.05, 3.63) is 35.9 Å². The number of nitrogens with two attached hydrogens (primary N) is 1. The maximum Gasteiger partial charge on any atom is 0.337 e. The molecule has 0 saturated heterocycles. The Morgan fingerprint density at radius 2 is 2.14 bits per heavy atom. The summed E-state index contributed by atoms with van der Waals surface area (Å²) in [6.45, 7) is 0.652. The lowest BCUT2D eigenvalue weighted by Crippen LogP contribution is -2.18. The monoisotopic (exact) mass is 310 g/mol. The van der Waals surface area contributed by atoms with Gasteiger partial charge in [-0.3, -0.25) is 0 Å². The van der Waals surface area contributed by atoms with E-state index < -0.39 is 16.0 Å². The van der Waals surface area contributed by atoms with Gasteiger partial charge in [-0.1, -0.05) is 12.2 Å². The van der Waals surface area contributed by atoms with Crippen molar-refractivity contribution in [3.63, 3.8) is 0 Å². The molecule has 0 spiro atoms. The predicted molar refractivity (Wildman–Crippen MR) is 79.7 cm³/mol. The fraction of sp³-hybridized carbons (Fsp3) is 0.357. The molecule has 1 aromatic rings. The molecule has 0 aromatic heterocycles. The second kappa shape index (κ2) is 6.28. The molecule has 114 valence electrons. The van der Waals surface area contributed by atoms with E-state index >= 15 is 0 Å². The third-order valence-corrected chi connectivity index (χ3v) is 4.42. The van der Waals surface area contributed by atoms with E-state index in [-0.39, 0.29) is 10.5 Å². The number of hydrogen-bond donors (Lipinski definition) is 3. The van der Waals surface area contributed by atoms with Crippen molar-refractivity contribution in [1.29, 1.82) is 0 Å². The summed E-state index contributed by atoms with van der Waals surface area (Å²) in [7, 11) is -3.91. The molecular formula is C14H18N2O4S. The molecule has 1 unspecified atom stereocenters. The van der Waals surface area contributed by atoms with Crippen molar-refractivity contribution in [2.75, 3.05) is 11.9 Å². The first-order chi connectivity index (χ1) is 9.88. The van der Waals surface area contributed by atoms with Crippen LogP contribution in [-0.4, -0.2) is 26.0 Å². The number of primary sulfonamides is 1. The topological polar surface area (TPSA) is 109 Å². The highest BCUT2D eigenvalue weighted by Crippen LogP contribution is 2.23. The third kappa shape index (κ3) is 4.05. The van der Waals surface area contributed by atoms with Gasteiger partial charge in [0.2, 0.25) is 10.0 Å². The Hall–Kier alpha value is -1.86. The maximum atomic E-state index is 11.3. The normalized spacial score (nSPS) is 18.4. The summed E-state index contributed by atoms with van der Waals surface area (Å²) in [5, 5.41) is 17.3. The van der Waals surface area contributed by atoms with Crippen molar-refractivity contribution < 1.29 is 18.3 Å². The van der Waals surface area contributed by atoms with Gasteiger partial charge in [0.1, 0.15) is 0 Å². The number of rotatable bonds is 5. The molecule has 0 amide bonds. The summed E-state index contributed by atoms with van der Waals surface area (Å²) >= 11 is 0. The van der Waals surface area contributed by atoms with Crippen LogP contribution in [0.2, 0.25) is 0 Å². The molecule has 0 aliphatic heterocycles. The first kappa shape index (κ1) is 15.5. The van der Waals surface area contributed by atoms with Crippen molar-refractivity contribution in [1.82, 2.24) is 0 Å². The SMILES string of the molecule is NS(=O)(=O)c1ccc(NCC2CC=CCC2)c(C(=O)O)c1. The van der Waals surface area contributed by atoms with E-state index in [1.807, 2.05) is 0 Å². The summed E-state index contributed by atoms with van der Waals surface area (Å²) in [6, 6.07) is 3.84. The lowest BCUT2D eigenvalue weighted by molar-refractivity contribution is 0.0697. The molecule has 0 heterocycles. The van der Waals surface area contributed by atoms with Gasteiger partial charge in [0.25, 0.3) is 0 Å². The Balaban J connectivity index is 2.18.